The first-order valence-corrected chi connectivity index (χ1v) is 9.01. The lowest BCUT2D eigenvalue weighted by Gasteiger charge is -2.12. The third-order valence-corrected chi connectivity index (χ3v) is 4.65. The second kappa shape index (κ2) is 7.75. The van der Waals surface area contributed by atoms with E-state index in [1.165, 1.54) is 6.26 Å². The topological polar surface area (TPSA) is 111 Å². The van der Waals surface area contributed by atoms with E-state index >= 15 is 0 Å². The molecule has 0 aromatic carbocycles. The number of carbonyl (C=O) groups excluding carboxylic acids is 1. The monoisotopic (exact) mass is 386 g/mol. The van der Waals surface area contributed by atoms with E-state index in [1.54, 1.807) is 12.1 Å². The Balaban J connectivity index is 1.59. The number of furan rings is 1. The number of rotatable bonds is 5. The zero-order chi connectivity index (χ0) is 19.6. The van der Waals surface area contributed by atoms with E-state index in [0.717, 1.165) is 41.1 Å². The first kappa shape index (κ1) is 18.8. The quantitative estimate of drug-likeness (QED) is 0.455. The Morgan fingerprint density at radius 3 is 2.81 bits per heavy atom. The van der Waals surface area contributed by atoms with Crippen molar-refractivity contribution in [2.75, 3.05) is 12.3 Å². The normalized spacial score (nSPS) is 10.9. The molecule has 8 nitrogen and oxygen atoms in total. The van der Waals surface area contributed by atoms with Crippen molar-refractivity contribution in [2.24, 2.45) is 0 Å². The van der Waals surface area contributed by atoms with Crippen LogP contribution in [0.4, 0.5) is 5.82 Å². The van der Waals surface area contributed by atoms with Crippen LogP contribution >= 0.6 is 12.2 Å². The number of imidazole rings is 1. The Bertz CT molecular complexity index is 993. The molecule has 0 bridgehead atoms. The molecule has 0 fully saturated rings. The molecule has 4 N–H and O–H groups in total. The van der Waals surface area contributed by atoms with E-state index in [1.807, 2.05) is 20.8 Å². The standard InChI is InChI=1S/C18H22N6O2S/c1-10-11(2)21-16(19)14-15(10)24(12(3)22-14)8-5-7-20-18(27)23-17(25)13-6-4-9-26-13/h4,6,9H,5,7-8H2,1-3H3,(H2,19,21)(H2,20,23,25,27). The molecule has 1 amide bonds. The third kappa shape index (κ3) is 3.92. The summed E-state index contributed by atoms with van der Waals surface area (Å²) in [4.78, 5) is 20.8. The summed E-state index contributed by atoms with van der Waals surface area (Å²) in [5.74, 6) is 1.19. The van der Waals surface area contributed by atoms with E-state index in [2.05, 4.69) is 25.2 Å². The average molecular weight is 386 g/mol. The van der Waals surface area contributed by atoms with Crippen LogP contribution in [0.25, 0.3) is 11.0 Å². The summed E-state index contributed by atoms with van der Waals surface area (Å²) < 4.78 is 7.17. The number of anilines is 1. The van der Waals surface area contributed by atoms with E-state index in [4.69, 9.17) is 22.4 Å². The highest BCUT2D eigenvalue weighted by molar-refractivity contribution is 7.80. The maximum absolute atomic E-state index is 11.9. The minimum Gasteiger partial charge on any atom is -0.459 e. The molecule has 0 atom stereocenters. The van der Waals surface area contributed by atoms with Crippen LogP contribution in [0.1, 0.15) is 34.1 Å². The Kier molecular flexibility index (Phi) is 5.41. The number of nitrogen functional groups attached to an aromatic ring is 1. The van der Waals surface area contributed by atoms with Crippen molar-refractivity contribution >= 4 is 40.1 Å². The molecule has 3 aromatic heterocycles. The molecule has 0 aliphatic rings. The Morgan fingerprint density at radius 1 is 1.33 bits per heavy atom. The number of hydrogen-bond donors (Lipinski definition) is 3. The van der Waals surface area contributed by atoms with E-state index in [0.29, 0.717) is 12.4 Å². The zero-order valence-corrected chi connectivity index (χ0v) is 16.3. The van der Waals surface area contributed by atoms with Gasteiger partial charge in [-0.05, 0) is 57.1 Å². The van der Waals surface area contributed by atoms with Gasteiger partial charge >= 0.3 is 0 Å². The molecule has 0 aliphatic carbocycles. The number of aryl methyl sites for hydroxylation is 4. The SMILES string of the molecule is Cc1nc(N)c2nc(C)n(CCCNC(=S)NC(=O)c3ccco3)c2c1C. The van der Waals surface area contributed by atoms with Gasteiger partial charge in [0.2, 0.25) is 0 Å². The minimum atomic E-state index is -0.372. The van der Waals surface area contributed by atoms with Crippen LogP contribution in [-0.4, -0.2) is 32.1 Å². The Morgan fingerprint density at radius 2 is 2.11 bits per heavy atom. The van der Waals surface area contributed by atoms with Crippen LogP contribution in [0, 0.1) is 20.8 Å². The molecule has 0 unspecified atom stereocenters. The van der Waals surface area contributed by atoms with Crippen molar-refractivity contribution in [1.82, 2.24) is 25.2 Å². The number of fused-ring (bicyclic) bond motifs is 1. The van der Waals surface area contributed by atoms with Gasteiger partial charge in [0.25, 0.3) is 5.91 Å². The van der Waals surface area contributed by atoms with Crippen molar-refractivity contribution in [3.8, 4) is 0 Å². The molecule has 0 spiro atoms. The highest BCUT2D eigenvalue weighted by Gasteiger charge is 2.15. The Hall–Kier alpha value is -2.94. The van der Waals surface area contributed by atoms with Crippen LogP contribution in [0.5, 0.6) is 0 Å². The number of nitrogens with zero attached hydrogens (tertiary/aromatic N) is 3. The smallest absolute Gasteiger partial charge is 0.293 e. The van der Waals surface area contributed by atoms with Crippen LogP contribution in [0.2, 0.25) is 0 Å². The fraction of sp³-hybridized carbons (Fsp3) is 0.333. The number of carbonyl (C=O) groups is 1. The molecular formula is C18H22N6O2S. The number of hydrogen-bond acceptors (Lipinski definition) is 6. The summed E-state index contributed by atoms with van der Waals surface area (Å²) in [5, 5.41) is 5.88. The molecule has 0 aliphatic heterocycles. The number of amides is 1. The number of nitrogens with two attached hydrogens (primary N) is 1. The van der Waals surface area contributed by atoms with Gasteiger partial charge < -0.3 is 20.0 Å². The van der Waals surface area contributed by atoms with Crippen LogP contribution in [0.15, 0.2) is 22.8 Å². The molecule has 142 valence electrons. The van der Waals surface area contributed by atoms with Gasteiger partial charge in [-0.15, -0.1) is 0 Å². The van der Waals surface area contributed by atoms with Gasteiger partial charge in [0, 0.05) is 18.8 Å². The molecule has 0 radical (unpaired) electrons. The van der Waals surface area contributed by atoms with Crippen molar-refractivity contribution in [1.29, 1.82) is 0 Å². The second-order valence-corrected chi connectivity index (χ2v) is 6.66. The fourth-order valence-electron chi connectivity index (χ4n) is 2.94. The van der Waals surface area contributed by atoms with Crippen LogP contribution in [-0.2, 0) is 6.54 Å². The van der Waals surface area contributed by atoms with Crippen LogP contribution in [0.3, 0.4) is 0 Å². The highest BCUT2D eigenvalue weighted by atomic mass is 32.1. The number of thiocarbonyl (C=S) groups is 1. The van der Waals surface area contributed by atoms with Gasteiger partial charge in [-0.2, -0.15) is 0 Å². The summed E-state index contributed by atoms with van der Waals surface area (Å²) in [6.07, 6.45) is 2.24. The predicted octanol–water partition coefficient (Wildman–Crippen LogP) is 2.23. The maximum Gasteiger partial charge on any atom is 0.293 e. The van der Waals surface area contributed by atoms with Gasteiger partial charge in [-0.3, -0.25) is 10.1 Å². The van der Waals surface area contributed by atoms with Gasteiger partial charge in [-0.25, -0.2) is 9.97 Å². The molecule has 3 rings (SSSR count). The predicted molar refractivity (Wildman–Crippen MR) is 108 cm³/mol. The molecule has 3 heterocycles. The minimum absolute atomic E-state index is 0.219. The summed E-state index contributed by atoms with van der Waals surface area (Å²) >= 11 is 5.15. The molecule has 27 heavy (non-hydrogen) atoms. The van der Waals surface area contributed by atoms with Crippen molar-refractivity contribution in [3.05, 3.63) is 41.2 Å². The summed E-state index contributed by atoms with van der Waals surface area (Å²) in [5.41, 5.74) is 9.77. The maximum atomic E-state index is 11.9. The summed E-state index contributed by atoms with van der Waals surface area (Å²) in [7, 11) is 0. The number of pyridine rings is 1. The molecule has 0 saturated carbocycles. The third-order valence-electron chi connectivity index (χ3n) is 4.40. The molecule has 9 heteroatoms. The van der Waals surface area contributed by atoms with Crippen molar-refractivity contribution in [3.63, 3.8) is 0 Å². The van der Waals surface area contributed by atoms with Crippen molar-refractivity contribution in [2.45, 2.75) is 33.7 Å². The lowest BCUT2D eigenvalue weighted by Crippen LogP contribution is -2.39. The molecule has 3 aromatic rings. The lowest BCUT2D eigenvalue weighted by atomic mass is 10.2. The summed E-state index contributed by atoms with van der Waals surface area (Å²) in [6.45, 7) is 7.28. The summed E-state index contributed by atoms with van der Waals surface area (Å²) in [6, 6.07) is 3.23. The largest absolute Gasteiger partial charge is 0.459 e. The lowest BCUT2D eigenvalue weighted by molar-refractivity contribution is 0.0949. The first-order valence-electron chi connectivity index (χ1n) is 8.60. The fourth-order valence-corrected chi connectivity index (χ4v) is 3.14. The molecular weight excluding hydrogens is 364 g/mol. The van der Waals surface area contributed by atoms with Crippen molar-refractivity contribution < 1.29 is 9.21 Å². The number of nitrogens with one attached hydrogen (secondary N) is 2. The van der Waals surface area contributed by atoms with Gasteiger partial charge in [0.05, 0.1) is 11.8 Å². The number of aromatic nitrogens is 3. The van der Waals surface area contributed by atoms with Crippen LogP contribution < -0.4 is 16.4 Å². The van der Waals surface area contributed by atoms with E-state index in [9.17, 15) is 4.79 Å². The van der Waals surface area contributed by atoms with Gasteiger partial charge in [0.15, 0.2) is 16.7 Å². The first-order chi connectivity index (χ1) is 12.9. The highest BCUT2D eigenvalue weighted by Crippen LogP contribution is 2.25. The molecule has 0 saturated heterocycles. The Labute approximate surface area is 162 Å². The van der Waals surface area contributed by atoms with E-state index in [-0.39, 0.29) is 16.8 Å². The van der Waals surface area contributed by atoms with E-state index < -0.39 is 0 Å². The average Bonchev–Trinajstić information content (AvgIpc) is 3.25. The second-order valence-electron chi connectivity index (χ2n) is 6.26. The zero-order valence-electron chi connectivity index (χ0n) is 15.5. The van der Waals surface area contributed by atoms with Gasteiger partial charge in [0.1, 0.15) is 11.3 Å². The van der Waals surface area contributed by atoms with Gasteiger partial charge in [-0.1, -0.05) is 0 Å².